The van der Waals surface area contributed by atoms with E-state index in [4.69, 9.17) is 14.6 Å². The standard InChI is InChI=1S/C25H31N3O8/c1-25(2,3)36-24(34)35-23(17-7-5-4-6-8-17)28-19(13-16-9-11-18(29)12-10-16)22(33)27-14-20(30)26-15-21(31)32/h4-12,19,23,28-29H,13-15H2,1-3H3,(H,26,30)(H,27,33)(H,31,32)/t19-,23?/m0/s1. The number of carboxylic acid groups (broad SMARTS) is 1. The number of phenolic OH excluding ortho intramolecular Hbond substituents is 1. The van der Waals surface area contributed by atoms with Crippen molar-refractivity contribution in [1.82, 2.24) is 16.0 Å². The van der Waals surface area contributed by atoms with Gasteiger partial charge in [0.25, 0.3) is 0 Å². The Balaban J connectivity index is 2.23. The van der Waals surface area contributed by atoms with E-state index in [2.05, 4.69) is 16.0 Å². The monoisotopic (exact) mass is 501 g/mol. The summed E-state index contributed by atoms with van der Waals surface area (Å²) in [7, 11) is 0. The van der Waals surface area contributed by atoms with Crippen LogP contribution in [0.25, 0.3) is 0 Å². The third kappa shape index (κ3) is 10.4. The summed E-state index contributed by atoms with van der Waals surface area (Å²) in [5, 5.41) is 25.9. The van der Waals surface area contributed by atoms with E-state index in [1.807, 2.05) is 0 Å². The van der Waals surface area contributed by atoms with E-state index in [9.17, 15) is 24.3 Å². The van der Waals surface area contributed by atoms with Crippen molar-refractivity contribution < 1.29 is 38.9 Å². The number of hydrogen-bond acceptors (Lipinski definition) is 8. The fourth-order valence-corrected chi connectivity index (χ4v) is 3.00. The molecule has 5 N–H and O–H groups in total. The van der Waals surface area contributed by atoms with Crippen LogP contribution >= 0.6 is 0 Å². The average Bonchev–Trinajstić information content (AvgIpc) is 2.81. The highest BCUT2D eigenvalue weighted by Crippen LogP contribution is 2.20. The summed E-state index contributed by atoms with van der Waals surface area (Å²) in [4.78, 5) is 48.0. The Morgan fingerprint density at radius 3 is 2.14 bits per heavy atom. The van der Waals surface area contributed by atoms with Gasteiger partial charge in [-0.05, 0) is 44.9 Å². The van der Waals surface area contributed by atoms with Crippen LogP contribution in [0.4, 0.5) is 4.79 Å². The first-order chi connectivity index (χ1) is 16.9. The molecule has 0 aliphatic carbocycles. The summed E-state index contributed by atoms with van der Waals surface area (Å²) < 4.78 is 10.8. The van der Waals surface area contributed by atoms with Crippen molar-refractivity contribution in [3.63, 3.8) is 0 Å². The Hall–Kier alpha value is -4.12. The van der Waals surface area contributed by atoms with Gasteiger partial charge in [0.1, 0.15) is 17.9 Å². The Morgan fingerprint density at radius 2 is 1.56 bits per heavy atom. The van der Waals surface area contributed by atoms with Crippen LogP contribution in [-0.2, 0) is 30.3 Å². The molecular formula is C25H31N3O8. The second-order valence-corrected chi connectivity index (χ2v) is 8.85. The molecule has 0 fully saturated rings. The second kappa shape index (κ2) is 13.1. The smallest absolute Gasteiger partial charge is 0.508 e. The lowest BCUT2D eigenvalue weighted by atomic mass is 10.0. The predicted octanol–water partition coefficient (Wildman–Crippen LogP) is 1.86. The highest BCUT2D eigenvalue weighted by molar-refractivity contribution is 5.88. The average molecular weight is 502 g/mol. The molecule has 0 radical (unpaired) electrons. The molecule has 2 rings (SSSR count). The van der Waals surface area contributed by atoms with Crippen molar-refractivity contribution in [1.29, 1.82) is 0 Å². The van der Waals surface area contributed by atoms with Gasteiger partial charge in [0.15, 0.2) is 6.23 Å². The number of carbonyl (C=O) groups is 4. The van der Waals surface area contributed by atoms with Crippen LogP contribution in [-0.4, -0.2) is 58.9 Å². The largest absolute Gasteiger partial charge is 0.510 e. The molecule has 0 spiro atoms. The molecule has 1 unspecified atom stereocenters. The Labute approximate surface area is 208 Å². The maximum Gasteiger partial charge on any atom is 0.510 e. The number of amides is 2. The van der Waals surface area contributed by atoms with Crippen LogP contribution < -0.4 is 16.0 Å². The van der Waals surface area contributed by atoms with Crippen LogP contribution in [0.2, 0.25) is 0 Å². The van der Waals surface area contributed by atoms with Crippen molar-refractivity contribution in [2.24, 2.45) is 0 Å². The quantitative estimate of drug-likeness (QED) is 0.228. The normalized spacial score (nSPS) is 12.6. The Morgan fingerprint density at radius 1 is 0.917 bits per heavy atom. The summed E-state index contributed by atoms with van der Waals surface area (Å²) in [6, 6.07) is 13.9. The van der Waals surface area contributed by atoms with Crippen LogP contribution in [0, 0.1) is 0 Å². The number of carbonyl (C=O) groups excluding carboxylic acids is 3. The molecule has 0 aliphatic heterocycles. The highest BCUT2D eigenvalue weighted by Gasteiger charge is 2.28. The zero-order valence-corrected chi connectivity index (χ0v) is 20.3. The van der Waals surface area contributed by atoms with E-state index in [0.717, 1.165) is 0 Å². The van der Waals surface area contributed by atoms with Gasteiger partial charge in [0.2, 0.25) is 11.8 Å². The summed E-state index contributed by atoms with van der Waals surface area (Å²) in [6.45, 7) is 4.04. The van der Waals surface area contributed by atoms with Crippen molar-refractivity contribution in [2.45, 2.75) is 45.1 Å². The van der Waals surface area contributed by atoms with Crippen LogP contribution in [0.5, 0.6) is 5.75 Å². The molecule has 0 bridgehead atoms. The molecule has 0 saturated carbocycles. The van der Waals surface area contributed by atoms with Crippen LogP contribution in [0.1, 0.15) is 38.1 Å². The van der Waals surface area contributed by atoms with E-state index in [-0.39, 0.29) is 12.2 Å². The zero-order chi connectivity index (χ0) is 26.7. The SMILES string of the molecule is CC(C)(C)OC(=O)OC(N[C@@H](Cc1ccc(O)cc1)C(=O)NCC(=O)NCC(=O)O)c1ccccc1. The summed E-state index contributed by atoms with van der Waals surface area (Å²) in [5.74, 6) is -2.44. The number of hydrogen-bond donors (Lipinski definition) is 5. The number of rotatable bonds is 11. The minimum atomic E-state index is -1.22. The number of ether oxygens (including phenoxy) is 2. The van der Waals surface area contributed by atoms with E-state index >= 15 is 0 Å². The third-order valence-electron chi connectivity index (χ3n) is 4.61. The van der Waals surface area contributed by atoms with E-state index in [0.29, 0.717) is 11.1 Å². The van der Waals surface area contributed by atoms with Gasteiger partial charge >= 0.3 is 12.1 Å². The molecule has 2 atom stereocenters. The minimum Gasteiger partial charge on any atom is -0.508 e. The predicted molar refractivity (Wildman–Crippen MR) is 129 cm³/mol. The molecule has 36 heavy (non-hydrogen) atoms. The molecule has 0 heterocycles. The van der Waals surface area contributed by atoms with E-state index in [1.54, 1.807) is 63.2 Å². The molecule has 0 aromatic heterocycles. The first kappa shape index (κ1) is 28.1. The maximum atomic E-state index is 13.0. The van der Waals surface area contributed by atoms with Crippen LogP contribution in [0.3, 0.4) is 0 Å². The second-order valence-electron chi connectivity index (χ2n) is 8.85. The van der Waals surface area contributed by atoms with Crippen molar-refractivity contribution in [3.05, 3.63) is 65.7 Å². The molecule has 11 heteroatoms. The number of aromatic hydroxyl groups is 1. The van der Waals surface area contributed by atoms with Crippen molar-refractivity contribution in [2.75, 3.05) is 13.1 Å². The molecule has 0 saturated heterocycles. The molecule has 194 valence electrons. The Bertz CT molecular complexity index is 1040. The molecule has 2 amide bonds. The van der Waals surface area contributed by atoms with Gasteiger partial charge in [0, 0.05) is 5.56 Å². The van der Waals surface area contributed by atoms with Gasteiger partial charge in [-0.2, -0.15) is 0 Å². The number of carboxylic acids is 1. The highest BCUT2D eigenvalue weighted by atomic mass is 16.7. The minimum absolute atomic E-state index is 0.0539. The van der Waals surface area contributed by atoms with Crippen LogP contribution in [0.15, 0.2) is 54.6 Å². The molecule has 11 nitrogen and oxygen atoms in total. The fraction of sp³-hybridized carbons (Fsp3) is 0.360. The van der Waals surface area contributed by atoms with Gasteiger partial charge in [-0.3, -0.25) is 19.7 Å². The summed E-state index contributed by atoms with van der Waals surface area (Å²) in [6.07, 6.45) is -1.90. The summed E-state index contributed by atoms with van der Waals surface area (Å²) in [5.41, 5.74) is 0.427. The molecule has 2 aromatic carbocycles. The number of benzene rings is 2. The lowest BCUT2D eigenvalue weighted by Crippen LogP contribution is -2.50. The van der Waals surface area contributed by atoms with Gasteiger partial charge in [-0.25, -0.2) is 4.79 Å². The molecule has 2 aromatic rings. The van der Waals surface area contributed by atoms with E-state index in [1.165, 1.54) is 12.1 Å². The van der Waals surface area contributed by atoms with Gasteiger partial charge in [-0.15, -0.1) is 0 Å². The molecule has 0 aliphatic rings. The first-order valence-electron chi connectivity index (χ1n) is 11.2. The van der Waals surface area contributed by atoms with E-state index < -0.39 is 54.9 Å². The fourth-order valence-electron chi connectivity index (χ4n) is 3.00. The Kier molecular flexibility index (Phi) is 10.2. The first-order valence-corrected chi connectivity index (χ1v) is 11.2. The topological polar surface area (TPSA) is 163 Å². The lowest BCUT2D eigenvalue weighted by Gasteiger charge is -2.27. The summed E-state index contributed by atoms with van der Waals surface area (Å²) >= 11 is 0. The number of phenols is 1. The lowest BCUT2D eigenvalue weighted by molar-refractivity contribution is -0.137. The zero-order valence-electron chi connectivity index (χ0n) is 20.3. The van der Waals surface area contributed by atoms with Gasteiger partial charge in [0.05, 0.1) is 12.6 Å². The van der Waals surface area contributed by atoms with Gasteiger partial charge in [-0.1, -0.05) is 42.5 Å². The maximum absolute atomic E-state index is 13.0. The number of aliphatic carboxylic acids is 1. The van der Waals surface area contributed by atoms with Gasteiger partial charge < -0.3 is 30.3 Å². The van der Waals surface area contributed by atoms with Crippen molar-refractivity contribution in [3.8, 4) is 5.75 Å². The molecular weight excluding hydrogens is 470 g/mol. The third-order valence-corrected chi connectivity index (χ3v) is 4.61. The van der Waals surface area contributed by atoms with Crippen molar-refractivity contribution >= 4 is 23.9 Å². The number of nitrogens with one attached hydrogen (secondary N) is 3.